The summed E-state index contributed by atoms with van der Waals surface area (Å²) in [6.07, 6.45) is 2.14. The number of rotatable bonds is 6. The van der Waals surface area contributed by atoms with E-state index < -0.39 is 35.4 Å². The lowest BCUT2D eigenvalue weighted by atomic mass is 10.1. The summed E-state index contributed by atoms with van der Waals surface area (Å²) in [5.74, 6) is -2.51. The smallest absolute Gasteiger partial charge is 0.320 e. The molecule has 154 valence electrons. The highest BCUT2D eigenvalue weighted by Crippen LogP contribution is 2.28. The molecule has 1 aromatic carbocycles. The number of hydrogen-bond acceptors (Lipinski definition) is 5. The van der Waals surface area contributed by atoms with Crippen LogP contribution in [0.3, 0.4) is 0 Å². The number of allylic oxidation sites excluding steroid dienone is 1. The lowest BCUT2D eigenvalue weighted by Gasteiger charge is -2.24. The molecule has 0 saturated carbocycles. The highest BCUT2D eigenvalue weighted by atomic mass is 32.2. The first kappa shape index (κ1) is 20.4. The van der Waals surface area contributed by atoms with Gasteiger partial charge in [-0.2, -0.15) is 14.3 Å². The summed E-state index contributed by atoms with van der Waals surface area (Å²) in [5.41, 5.74) is 0.102. The van der Waals surface area contributed by atoms with Crippen molar-refractivity contribution in [2.45, 2.75) is 11.7 Å². The first-order valence-electron chi connectivity index (χ1n) is 9.03. The third kappa shape index (κ3) is 4.05. The van der Waals surface area contributed by atoms with E-state index in [0.29, 0.717) is 12.1 Å². The fourth-order valence-electron chi connectivity index (χ4n) is 3.22. The normalized spacial score (nSPS) is 18.2. The van der Waals surface area contributed by atoms with Crippen LogP contribution in [-0.4, -0.2) is 51.4 Å². The van der Waals surface area contributed by atoms with Crippen molar-refractivity contribution in [3.63, 3.8) is 0 Å². The van der Waals surface area contributed by atoms with Crippen LogP contribution >= 0.6 is 23.1 Å². The van der Waals surface area contributed by atoms with Gasteiger partial charge in [0.1, 0.15) is 23.9 Å². The SMILES string of the molecule is O=C(C[N+]1=C2C=CSC2C(=O)N(CCc2cccs2)C1=O)Nc1cc(F)ccc1F. The first-order valence-corrected chi connectivity index (χ1v) is 10.9. The third-order valence-corrected chi connectivity index (χ3v) is 6.60. The second-order valence-corrected chi connectivity index (χ2v) is 8.65. The Morgan fingerprint density at radius 3 is 2.83 bits per heavy atom. The van der Waals surface area contributed by atoms with Gasteiger partial charge in [0, 0.05) is 17.4 Å². The van der Waals surface area contributed by atoms with Crippen molar-refractivity contribution in [1.29, 1.82) is 0 Å². The summed E-state index contributed by atoms with van der Waals surface area (Å²) in [6.45, 7) is -0.229. The van der Waals surface area contributed by atoms with Crippen LogP contribution < -0.4 is 5.32 Å². The van der Waals surface area contributed by atoms with Crippen molar-refractivity contribution in [3.8, 4) is 0 Å². The predicted molar refractivity (Wildman–Crippen MR) is 111 cm³/mol. The molecule has 1 N–H and O–H groups in total. The summed E-state index contributed by atoms with van der Waals surface area (Å²) >= 11 is 2.79. The minimum atomic E-state index is -0.788. The number of benzene rings is 1. The maximum atomic E-state index is 13.8. The zero-order chi connectivity index (χ0) is 21.3. The van der Waals surface area contributed by atoms with Gasteiger partial charge in [0.15, 0.2) is 11.8 Å². The zero-order valence-corrected chi connectivity index (χ0v) is 17.1. The van der Waals surface area contributed by atoms with E-state index in [1.807, 2.05) is 17.5 Å². The van der Waals surface area contributed by atoms with E-state index in [2.05, 4.69) is 5.32 Å². The van der Waals surface area contributed by atoms with E-state index in [1.54, 1.807) is 11.5 Å². The van der Waals surface area contributed by atoms with Crippen LogP contribution in [0.4, 0.5) is 19.3 Å². The van der Waals surface area contributed by atoms with Crippen molar-refractivity contribution in [2.75, 3.05) is 18.4 Å². The molecule has 30 heavy (non-hydrogen) atoms. The molecule has 10 heteroatoms. The highest BCUT2D eigenvalue weighted by Gasteiger charge is 2.49. The van der Waals surface area contributed by atoms with Crippen molar-refractivity contribution in [1.82, 2.24) is 4.90 Å². The van der Waals surface area contributed by atoms with Crippen LogP contribution in [0, 0.1) is 11.6 Å². The maximum Gasteiger partial charge on any atom is 0.501 e. The summed E-state index contributed by atoms with van der Waals surface area (Å²) in [4.78, 5) is 40.4. The molecule has 2 aliphatic heterocycles. The van der Waals surface area contributed by atoms with Gasteiger partial charge in [-0.15, -0.1) is 23.1 Å². The Hall–Kier alpha value is -2.85. The van der Waals surface area contributed by atoms with Gasteiger partial charge in [-0.1, -0.05) is 6.07 Å². The van der Waals surface area contributed by atoms with E-state index in [-0.39, 0.29) is 18.1 Å². The highest BCUT2D eigenvalue weighted by molar-refractivity contribution is 8.04. The van der Waals surface area contributed by atoms with Gasteiger partial charge in [-0.05, 0) is 35.1 Å². The fraction of sp³-hybridized carbons (Fsp3) is 0.200. The van der Waals surface area contributed by atoms with Crippen molar-refractivity contribution < 1.29 is 27.7 Å². The number of fused-ring (bicyclic) bond motifs is 1. The van der Waals surface area contributed by atoms with Crippen LogP contribution in [0.25, 0.3) is 0 Å². The number of anilines is 1. The number of amides is 4. The topological polar surface area (TPSA) is 69.5 Å². The van der Waals surface area contributed by atoms with Crippen LogP contribution in [0.2, 0.25) is 0 Å². The number of halogens is 2. The van der Waals surface area contributed by atoms with Gasteiger partial charge >= 0.3 is 11.9 Å². The summed E-state index contributed by atoms with van der Waals surface area (Å²) in [5, 5.41) is 5.29. The van der Waals surface area contributed by atoms with Crippen molar-refractivity contribution in [3.05, 3.63) is 63.7 Å². The fourth-order valence-corrected chi connectivity index (χ4v) is 4.88. The first-order chi connectivity index (χ1) is 14.4. The Morgan fingerprint density at radius 2 is 2.07 bits per heavy atom. The number of nitrogens with one attached hydrogen (secondary N) is 1. The van der Waals surface area contributed by atoms with E-state index >= 15 is 0 Å². The van der Waals surface area contributed by atoms with Gasteiger partial charge < -0.3 is 5.32 Å². The van der Waals surface area contributed by atoms with E-state index in [9.17, 15) is 23.2 Å². The van der Waals surface area contributed by atoms with Gasteiger partial charge in [0.2, 0.25) is 0 Å². The second kappa shape index (κ2) is 8.49. The predicted octanol–water partition coefficient (Wildman–Crippen LogP) is 3.25. The monoisotopic (exact) mass is 448 g/mol. The second-order valence-electron chi connectivity index (χ2n) is 6.60. The number of carbonyl (C=O) groups excluding carboxylic acids is 3. The van der Waals surface area contributed by atoms with Crippen LogP contribution in [0.1, 0.15) is 4.88 Å². The van der Waals surface area contributed by atoms with Gasteiger partial charge in [0.25, 0.3) is 5.91 Å². The molecule has 0 fully saturated rings. The number of carbonyl (C=O) groups is 3. The maximum absolute atomic E-state index is 13.8. The quantitative estimate of drug-likeness (QED) is 0.689. The molecule has 0 spiro atoms. The lowest BCUT2D eigenvalue weighted by Crippen LogP contribution is -2.56. The number of hydrogen-bond donors (Lipinski definition) is 1. The standard InChI is InChI=1S/C20H15F2N3O3S2/c21-12-3-4-14(22)15(10-12)23-17(26)11-25-16-6-9-30-18(16)19(27)24(20(25)28)7-5-13-2-1-8-29-13/h1-4,6,8-10,18H,5,7,11H2/p+1. The average Bonchev–Trinajstić information content (AvgIpc) is 3.40. The third-order valence-electron chi connectivity index (χ3n) is 4.65. The average molecular weight is 448 g/mol. The lowest BCUT2D eigenvalue weighted by molar-refractivity contribution is -0.425. The molecule has 0 saturated heterocycles. The molecule has 1 aromatic heterocycles. The van der Waals surface area contributed by atoms with Gasteiger partial charge in [-0.25, -0.2) is 13.6 Å². The van der Waals surface area contributed by atoms with E-state index in [1.165, 1.54) is 27.7 Å². The minimum Gasteiger partial charge on any atom is -0.320 e. The number of imide groups is 1. The Kier molecular flexibility index (Phi) is 5.78. The molecule has 1 atom stereocenters. The molecule has 2 aliphatic rings. The van der Waals surface area contributed by atoms with E-state index in [0.717, 1.165) is 28.0 Å². The molecule has 0 aliphatic carbocycles. The van der Waals surface area contributed by atoms with Crippen molar-refractivity contribution >= 4 is 52.3 Å². The molecule has 2 aromatic rings. The van der Waals surface area contributed by atoms with Gasteiger partial charge in [0.05, 0.1) is 5.69 Å². The molecule has 6 nitrogen and oxygen atoms in total. The number of thioether (sulfide) groups is 1. The molecular formula is C20H16F2N3O3S2+. The Labute approximate surface area is 178 Å². The van der Waals surface area contributed by atoms with Crippen molar-refractivity contribution in [2.24, 2.45) is 0 Å². The molecule has 0 bridgehead atoms. The number of thiophene rings is 1. The minimum absolute atomic E-state index is 0.194. The molecule has 3 heterocycles. The summed E-state index contributed by atoms with van der Waals surface area (Å²) < 4.78 is 28.4. The molecule has 4 amide bonds. The molecule has 1 unspecified atom stereocenters. The number of nitrogens with zero attached hydrogens (tertiary/aromatic N) is 2. The Balaban J connectivity index is 1.54. The Bertz CT molecular complexity index is 1080. The summed E-state index contributed by atoms with van der Waals surface area (Å²) in [7, 11) is 0. The largest absolute Gasteiger partial charge is 0.501 e. The molecule has 4 rings (SSSR count). The summed E-state index contributed by atoms with van der Waals surface area (Å²) in [6, 6.07) is 5.92. The van der Waals surface area contributed by atoms with Crippen LogP contribution in [0.15, 0.2) is 47.2 Å². The zero-order valence-electron chi connectivity index (χ0n) is 15.5. The number of urea groups is 1. The molecular weight excluding hydrogens is 432 g/mol. The van der Waals surface area contributed by atoms with Crippen LogP contribution in [0.5, 0.6) is 0 Å². The Morgan fingerprint density at radius 1 is 1.23 bits per heavy atom. The van der Waals surface area contributed by atoms with E-state index in [4.69, 9.17) is 0 Å². The van der Waals surface area contributed by atoms with Crippen LogP contribution in [-0.2, 0) is 16.0 Å². The molecule has 0 radical (unpaired) electrons. The van der Waals surface area contributed by atoms with Gasteiger partial charge in [-0.3, -0.25) is 4.79 Å².